The van der Waals surface area contributed by atoms with E-state index in [9.17, 15) is 0 Å². The van der Waals surface area contributed by atoms with Crippen molar-refractivity contribution in [3.05, 3.63) is 35.4 Å². The third-order valence-corrected chi connectivity index (χ3v) is 3.28. The second kappa shape index (κ2) is 6.09. The zero-order valence-electron chi connectivity index (χ0n) is 8.55. The van der Waals surface area contributed by atoms with Gasteiger partial charge in [-0.3, -0.25) is 0 Å². The van der Waals surface area contributed by atoms with Crippen LogP contribution in [0, 0.1) is 0 Å². The lowest BCUT2D eigenvalue weighted by Gasteiger charge is -2.01. The van der Waals surface area contributed by atoms with Crippen LogP contribution >= 0.6 is 11.8 Å². The molecular weight excluding hydrogens is 176 g/mol. The molecule has 0 fully saturated rings. The Bertz CT molecular complexity index is 225. The summed E-state index contributed by atoms with van der Waals surface area (Å²) in [6.07, 6.45) is 2.42. The van der Waals surface area contributed by atoms with E-state index in [0.717, 1.165) is 12.2 Å². The highest BCUT2D eigenvalue weighted by Gasteiger charge is 1.93. The minimum atomic E-state index is 1.14. The van der Waals surface area contributed by atoms with Gasteiger partial charge < -0.3 is 0 Å². The molecule has 0 amide bonds. The minimum absolute atomic E-state index is 1.14. The smallest absolute Gasteiger partial charge is 0.0184 e. The largest absolute Gasteiger partial charge is 0.157 e. The van der Waals surface area contributed by atoms with Gasteiger partial charge in [0.15, 0.2) is 0 Å². The van der Waals surface area contributed by atoms with Crippen molar-refractivity contribution in [2.45, 2.75) is 32.4 Å². The van der Waals surface area contributed by atoms with Crippen molar-refractivity contribution in [1.29, 1.82) is 0 Å². The predicted octanol–water partition coefficient (Wildman–Crippen LogP) is 3.89. The standard InChI is InChI=1S/C12H18S/c1-3-9-13-10-12-7-5-11(4-2)6-8-12/h5-8H,3-4,9-10H2,1-2H3. The van der Waals surface area contributed by atoms with Gasteiger partial charge in [0.25, 0.3) is 0 Å². The van der Waals surface area contributed by atoms with Crippen LogP contribution in [0.15, 0.2) is 24.3 Å². The van der Waals surface area contributed by atoms with Gasteiger partial charge in [-0.25, -0.2) is 0 Å². The average molecular weight is 194 g/mol. The molecule has 1 aromatic carbocycles. The van der Waals surface area contributed by atoms with Crippen LogP contribution in [0.1, 0.15) is 31.4 Å². The summed E-state index contributed by atoms with van der Waals surface area (Å²) >= 11 is 2.02. The van der Waals surface area contributed by atoms with E-state index in [1.54, 1.807) is 0 Å². The molecule has 13 heavy (non-hydrogen) atoms. The second-order valence-electron chi connectivity index (χ2n) is 3.22. The normalized spacial score (nSPS) is 10.3. The van der Waals surface area contributed by atoms with Gasteiger partial charge in [-0.05, 0) is 29.7 Å². The molecule has 0 aliphatic heterocycles. The monoisotopic (exact) mass is 194 g/mol. The summed E-state index contributed by atoms with van der Waals surface area (Å²) in [6, 6.07) is 8.98. The van der Waals surface area contributed by atoms with Crippen LogP contribution in [0.4, 0.5) is 0 Å². The molecule has 0 aromatic heterocycles. The van der Waals surface area contributed by atoms with Gasteiger partial charge in [-0.15, -0.1) is 0 Å². The van der Waals surface area contributed by atoms with Crippen molar-refractivity contribution in [3.8, 4) is 0 Å². The fourth-order valence-electron chi connectivity index (χ4n) is 1.21. The highest BCUT2D eigenvalue weighted by molar-refractivity contribution is 7.98. The van der Waals surface area contributed by atoms with E-state index in [1.807, 2.05) is 11.8 Å². The first-order valence-electron chi connectivity index (χ1n) is 5.02. The fourth-order valence-corrected chi connectivity index (χ4v) is 2.07. The molecule has 0 heterocycles. The Morgan fingerprint density at radius 2 is 1.62 bits per heavy atom. The third-order valence-electron chi connectivity index (χ3n) is 2.05. The van der Waals surface area contributed by atoms with E-state index < -0.39 is 0 Å². The van der Waals surface area contributed by atoms with Crippen LogP contribution in [0.2, 0.25) is 0 Å². The summed E-state index contributed by atoms with van der Waals surface area (Å²) in [4.78, 5) is 0. The maximum Gasteiger partial charge on any atom is 0.0184 e. The topological polar surface area (TPSA) is 0 Å². The first kappa shape index (κ1) is 10.6. The summed E-state index contributed by atoms with van der Waals surface area (Å²) in [7, 11) is 0. The summed E-state index contributed by atoms with van der Waals surface area (Å²) in [5, 5.41) is 0. The number of hydrogen-bond acceptors (Lipinski definition) is 1. The molecule has 0 bridgehead atoms. The first-order valence-corrected chi connectivity index (χ1v) is 6.17. The molecule has 0 unspecified atom stereocenters. The molecule has 0 N–H and O–H groups in total. The number of aryl methyl sites for hydroxylation is 1. The van der Waals surface area contributed by atoms with Gasteiger partial charge in [0.1, 0.15) is 0 Å². The quantitative estimate of drug-likeness (QED) is 0.641. The van der Waals surface area contributed by atoms with Gasteiger partial charge in [0, 0.05) is 5.75 Å². The summed E-state index contributed by atoms with van der Waals surface area (Å²) in [6.45, 7) is 4.42. The highest BCUT2D eigenvalue weighted by atomic mass is 32.2. The Balaban J connectivity index is 2.40. The van der Waals surface area contributed by atoms with Crippen molar-refractivity contribution in [2.75, 3.05) is 5.75 Å². The Labute approximate surface area is 85.7 Å². The van der Waals surface area contributed by atoms with Crippen LogP contribution in [0.25, 0.3) is 0 Å². The second-order valence-corrected chi connectivity index (χ2v) is 4.33. The van der Waals surface area contributed by atoms with Crippen molar-refractivity contribution in [1.82, 2.24) is 0 Å². The molecule has 0 saturated carbocycles. The summed E-state index contributed by atoms with van der Waals surface area (Å²) < 4.78 is 0. The molecule has 0 spiro atoms. The molecule has 72 valence electrons. The lowest BCUT2D eigenvalue weighted by atomic mass is 10.1. The predicted molar refractivity (Wildman–Crippen MR) is 62.3 cm³/mol. The maximum atomic E-state index is 2.25. The highest BCUT2D eigenvalue weighted by Crippen LogP contribution is 2.13. The van der Waals surface area contributed by atoms with E-state index >= 15 is 0 Å². The van der Waals surface area contributed by atoms with Gasteiger partial charge in [0.2, 0.25) is 0 Å². The van der Waals surface area contributed by atoms with E-state index in [0.29, 0.717) is 0 Å². The van der Waals surface area contributed by atoms with Gasteiger partial charge in [-0.2, -0.15) is 11.8 Å². The summed E-state index contributed by atoms with van der Waals surface area (Å²) in [5.74, 6) is 2.44. The Kier molecular flexibility index (Phi) is 4.99. The molecule has 0 atom stereocenters. The Morgan fingerprint density at radius 3 is 2.15 bits per heavy atom. The van der Waals surface area contributed by atoms with Crippen molar-refractivity contribution < 1.29 is 0 Å². The number of rotatable bonds is 5. The zero-order valence-corrected chi connectivity index (χ0v) is 9.36. The molecule has 1 aromatic rings. The van der Waals surface area contributed by atoms with Crippen LogP contribution in [-0.4, -0.2) is 5.75 Å². The Hall–Kier alpha value is -0.430. The van der Waals surface area contributed by atoms with Crippen molar-refractivity contribution in [3.63, 3.8) is 0 Å². The van der Waals surface area contributed by atoms with Crippen molar-refractivity contribution >= 4 is 11.8 Å². The zero-order chi connectivity index (χ0) is 9.52. The minimum Gasteiger partial charge on any atom is -0.157 e. The van der Waals surface area contributed by atoms with Crippen LogP contribution in [0.5, 0.6) is 0 Å². The molecule has 0 nitrogen and oxygen atoms in total. The molecule has 0 aliphatic rings. The lowest BCUT2D eigenvalue weighted by Crippen LogP contribution is -1.84. The first-order chi connectivity index (χ1) is 6.36. The number of thioether (sulfide) groups is 1. The van der Waals surface area contributed by atoms with Crippen molar-refractivity contribution in [2.24, 2.45) is 0 Å². The Morgan fingerprint density at radius 1 is 1.00 bits per heavy atom. The van der Waals surface area contributed by atoms with E-state index in [-0.39, 0.29) is 0 Å². The van der Waals surface area contributed by atoms with Gasteiger partial charge in [-0.1, -0.05) is 38.1 Å². The molecule has 1 rings (SSSR count). The van der Waals surface area contributed by atoms with E-state index in [2.05, 4.69) is 38.1 Å². The van der Waals surface area contributed by atoms with Crippen LogP contribution in [-0.2, 0) is 12.2 Å². The maximum absolute atomic E-state index is 2.25. The van der Waals surface area contributed by atoms with Gasteiger partial charge in [0.05, 0.1) is 0 Å². The SMILES string of the molecule is CCCSCc1ccc(CC)cc1. The number of benzene rings is 1. The average Bonchev–Trinajstić information content (AvgIpc) is 2.19. The van der Waals surface area contributed by atoms with Crippen LogP contribution in [0.3, 0.4) is 0 Å². The van der Waals surface area contributed by atoms with E-state index in [1.165, 1.54) is 23.3 Å². The molecular formula is C12H18S. The van der Waals surface area contributed by atoms with Gasteiger partial charge >= 0.3 is 0 Å². The van der Waals surface area contributed by atoms with E-state index in [4.69, 9.17) is 0 Å². The third kappa shape index (κ3) is 3.86. The lowest BCUT2D eigenvalue weighted by molar-refractivity contribution is 1.10. The molecule has 0 radical (unpaired) electrons. The number of hydrogen-bond donors (Lipinski definition) is 0. The molecule has 0 saturated heterocycles. The van der Waals surface area contributed by atoms with Crippen LogP contribution < -0.4 is 0 Å². The summed E-state index contributed by atoms with van der Waals surface area (Å²) in [5.41, 5.74) is 2.89. The molecule has 1 heteroatoms. The fraction of sp³-hybridized carbons (Fsp3) is 0.500. The molecule has 0 aliphatic carbocycles.